The first-order valence-corrected chi connectivity index (χ1v) is 2.89. The average molecular weight is 120 g/mol. The summed E-state index contributed by atoms with van der Waals surface area (Å²) in [5.74, 6) is 0.0903. The zero-order valence-electron chi connectivity index (χ0n) is 5.13. The minimum absolute atomic E-state index is 0.0903. The topological polar surface area (TPSA) is 19.9 Å². The normalized spacial score (nSPS) is 9.44. The van der Waals surface area contributed by atoms with Gasteiger partial charge in [-0.15, -0.1) is 0 Å². The van der Waals surface area contributed by atoms with E-state index in [1.54, 1.807) is 18.2 Å². The Morgan fingerprint density at radius 3 is 2.44 bits per heavy atom. The lowest BCUT2D eigenvalue weighted by Crippen LogP contribution is -1.77. The summed E-state index contributed by atoms with van der Waals surface area (Å²) in [5.41, 5.74) is 0.789. The van der Waals surface area contributed by atoms with E-state index in [0.29, 0.717) is 6.42 Å². The van der Waals surface area contributed by atoms with E-state index in [9.17, 15) is 5.11 Å². The second-order valence-electron chi connectivity index (χ2n) is 1.86. The zero-order chi connectivity index (χ0) is 6.69. The summed E-state index contributed by atoms with van der Waals surface area (Å²) in [6.45, 7) is 3.62. The van der Waals surface area contributed by atoms with Crippen LogP contribution in [0.15, 0.2) is 24.3 Å². The molecule has 0 aliphatic rings. The summed E-state index contributed by atoms with van der Waals surface area (Å²) >= 11 is 0. The van der Waals surface area contributed by atoms with Gasteiger partial charge in [0.25, 0.3) is 0 Å². The number of benzene rings is 1. The summed E-state index contributed by atoms with van der Waals surface area (Å²) in [5, 5.41) is 10.8. The molecule has 0 fully saturated rings. The maximum absolute atomic E-state index is 10.8. The Bertz CT molecular complexity index is 194. The van der Waals surface area contributed by atoms with E-state index < -0.39 is 0 Å². The van der Waals surface area contributed by atoms with Crippen LogP contribution in [0.5, 0.6) is 5.75 Å². The lowest BCUT2D eigenvalue weighted by Gasteiger charge is -1.93. The van der Waals surface area contributed by atoms with Crippen LogP contribution in [0.2, 0.25) is 0 Å². The van der Waals surface area contributed by atoms with Crippen molar-refractivity contribution in [2.45, 2.75) is 6.42 Å². The lowest BCUT2D eigenvalue weighted by molar-refractivity contribution is 0.351. The highest BCUT2D eigenvalue weighted by Gasteiger charge is 1.95. The molecular weight excluding hydrogens is 112 g/mol. The third kappa shape index (κ3) is 1.22. The Labute approximate surface area is 55.0 Å². The SMILES string of the molecule is [CH2]Cc1ccccc1[O]. The molecule has 0 amide bonds. The van der Waals surface area contributed by atoms with Gasteiger partial charge in [0, 0.05) is 0 Å². The van der Waals surface area contributed by atoms with Crippen LogP contribution >= 0.6 is 0 Å². The third-order valence-corrected chi connectivity index (χ3v) is 1.24. The van der Waals surface area contributed by atoms with E-state index in [1.807, 2.05) is 6.07 Å². The molecule has 1 aromatic rings. The molecule has 2 radical (unpaired) electrons. The van der Waals surface area contributed by atoms with Gasteiger partial charge < -0.3 is 0 Å². The van der Waals surface area contributed by atoms with Crippen LogP contribution in [-0.2, 0) is 11.5 Å². The lowest BCUT2D eigenvalue weighted by atomic mass is 10.1. The standard InChI is InChI=1S/C8H8O/c1-2-7-5-3-4-6-8(7)9/h3-6H,1-2H2. The molecule has 0 aliphatic carbocycles. The van der Waals surface area contributed by atoms with Crippen molar-refractivity contribution in [3.05, 3.63) is 36.8 Å². The number of rotatable bonds is 1. The molecule has 0 heterocycles. The molecule has 0 spiro atoms. The van der Waals surface area contributed by atoms with Gasteiger partial charge in [-0.2, -0.15) is 0 Å². The van der Waals surface area contributed by atoms with Crippen LogP contribution < -0.4 is 0 Å². The van der Waals surface area contributed by atoms with E-state index in [1.165, 1.54) is 0 Å². The maximum atomic E-state index is 10.8. The molecule has 0 saturated carbocycles. The highest BCUT2D eigenvalue weighted by molar-refractivity contribution is 5.31. The third-order valence-electron chi connectivity index (χ3n) is 1.24. The van der Waals surface area contributed by atoms with Gasteiger partial charge in [-0.05, 0) is 25.0 Å². The van der Waals surface area contributed by atoms with Crippen molar-refractivity contribution in [3.63, 3.8) is 0 Å². The molecule has 0 N–H and O–H groups in total. The van der Waals surface area contributed by atoms with Gasteiger partial charge in [-0.25, -0.2) is 0 Å². The molecule has 0 atom stereocenters. The first-order valence-electron chi connectivity index (χ1n) is 2.89. The van der Waals surface area contributed by atoms with Gasteiger partial charge in [-0.3, -0.25) is 5.11 Å². The van der Waals surface area contributed by atoms with Gasteiger partial charge in [0.15, 0.2) is 5.75 Å². The van der Waals surface area contributed by atoms with E-state index in [2.05, 4.69) is 6.92 Å². The van der Waals surface area contributed by atoms with Crippen molar-refractivity contribution in [1.29, 1.82) is 0 Å². The number of hydrogen-bond acceptors (Lipinski definition) is 0. The molecule has 1 aromatic carbocycles. The van der Waals surface area contributed by atoms with E-state index in [4.69, 9.17) is 0 Å². The van der Waals surface area contributed by atoms with Gasteiger partial charge in [0.2, 0.25) is 0 Å². The van der Waals surface area contributed by atoms with Crippen LogP contribution in [0.25, 0.3) is 0 Å². The van der Waals surface area contributed by atoms with Crippen molar-refractivity contribution in [1.82, 2.24) is 0 Å². The Kier molecular flexibility index (Phi) is 1.73. The minimum atomic E-state index is 0.0903. The van der Waals surface area contributed by atoms with Gasteiger partial charge in [0.1, 0.15) is 0 Å². The second-order valence-corrected chi connectivity index (χ2v) is 1.86. The largest absolute Gasteiger partial charge is 0.290 e. The first kappa shape index (κ1) is 6.14. The van der Waals surface area contributed by atoms with Crippen LogP contribution in [0.3, 0.4) is 0 Å². The highest BCUT2D eigenvalue weighted by Crippen LogP contribution is 2.15. The summed E-state index contributed by atoms with van der Waals surface area (Å²) in [4.78, 5) is 0. The monoisotopic (exact) mass is 120 g/mol. The summed E-state index contributed by atoms with van der Waals surface area (Å²) in [6.07, 6.45) is 0.583. The number of hydrogen-bond donors (Lipinski definition) is 0. The van der Waals surface area contributed by atoms with Crippen LogP contribution in [-0.4, -0.2) is 0 Å². The Hall–Kier alpha value is -0.980. The molecule has 1 rings (SSSR count). The van der Waals surface area contributed by atoms with Gasteiger partial charge in [0.05, 0.1) is 0 Å². The predicted molar refractivity (Wildman–Crippen MR) is 35.6 cm³/mol. The zero-order valence-corrected chi connectivity index (χ0v) is 5.13. The molecule has 0 unspecified atom stereocenters. The molecule has 46 valence electrons. The van der Waals surface area contributed by atoms with Crippen LogP contribution in [0, 0.1) is 6.92 Å². The van der Waals surface area contributed by atoms with Crippen molar-refractivity contribution in [3.8, 4) is 5.75 Å². The first-order chi connectivity index (χ1) is 4.34. The molecule has 9 heavy (non-hydrogen) atoms. The Morgan fingerprint density at radius 2 is 2.00 bits per heavy atom. The number of para-hydroxylation sites is 1. The molecule has 1 nitrogen and oxygen atoms in total. The molecule has 0 bridgehead atoms. The second kappa shape index (κ2) is 2.53. The van der Waals surface area contributed by atoms with Crippen molar-refractivity contribution >= 4 is 0 Å². The molecule has 0 saturated heterocycles. The Balaban J connectivity index is 3.01. The summed E-state index contributed by atoms with van der Waals surface area (Å²) < 4.78 is 0. The smallest absolute Gasteiger partial charge is 0.181 e. The van der Waals surface area contributed by atoms with Crippen LogP contribution in [0.4, 0.5) is 0 Å². The van der Waals surface area contributed by atoms with Crippen molar-refractivity contribution in [2.24, 2.45) is 0 Å². The fourth-order valence-corrected chi connectivity index (χ4v) is 0.710. The van der Waals surface area contributed by atoms with Crippen LogP contribution in [0.1, 0.15) is 5.56 Å². The van der Waals surface area contributed by atoms with E-state index >= 15 is 0 Å². The highest BCUT2D eigenvalue weighted by atomic mass is 16.3. The average Bonchev–Trinajstić information content (AvgIpc) is 1.89. The molecule has 1 heteroatoms. The Morgan fingerprint density at radius 1 is 1.33 bits per heavy atom. The van der Waals surface area contributed by atoms with E-state index in [0.717, 1.165) is 5.56 Å². The quantitative estimate of drug-likeness (QED) is 0.541. The molecular formula is C8H8O. The minimum Gasteiger partial charge on any atom is -0.290 e. The predicted octanol–water partition coefficient (Wildman–Crippen LogP) is 2.21. The van der Waals surface area contributed by atoms with Gasteiger partial charge in [-0.1, -0.05) is 18.2 Å². The van der Waals surface area contributed by atoms with Gasteiger partial charge >= 0.3 is 0 Å². The summed E-state index contributed by atoms with van der Waals surface area (Å²) in [7, 11) is 0. The fourth-order valence-electron chi connectivity index (χ4n) is 0.710. The van der Waals surface area contributed by atoms with E-state index in [-0.39, 0.29) is 5.75 Å². The van der Waals surface area contributed by atoms with Crippen molar-refractivity contribution < 1.29 is 5.11 Å². The molecule has 0 aromatic heterocycles. The molecule has 0 aliphatic heterocycles. The fraction of sp³-hybridized carbons (Fsp3) is 0.125. The maximum Gasteiger partial charge on any atom is 0.181 e. The summed E-state index contributed by atoms with van der Waals surface area (Å²) in [6, 6.07) is 6.94. The van der Waals surface area contributed by atoms with Crippen molar-refractivity contribution in [2.75, 3.05) is 0 Å².